The molecule has 0 amide bonds. The van der Waals surface area contributed by atoms with Crippen molar-refractivity contribution in [3.8, 4) is 84.2 Å². The van der Waals surface area contributed by atoms with Gasteiger partial charge < -0.3 is 9.13 Å². The van der Waals surface area contributed by atoms with Gasteiger partial charge in [0.1, 0.15) is 0 Å². The molecule has 0 aliphatic rings. The molecular weight excluding hydrogens is 1330 g/mol. The van der Waals surface area contributed by atoms with E-state index in [1.165, 1.54) is 180 Å². The molecule has 0 saturated carbocycles. The third kappa shape index (κ3) is 9.31. The number of aromatic nitrogens is 2. The molecule has 0 saturated heterocycles. The van der Waals surface area contributed by atoms with Crippen molar-refractivity contribution >= 4 is 157 Å². The summed E-state index contributed by atoms with van der Waals surface area (Å²) in [5.41, 5.74) is 22.6. The fourth-order valence-corrected chi connectivity index (χ4v) is 18.8. The predicted molar refractivity (Wildman–Crippen MR) is 465 cm³/mol. The fourth-order valence-electron chi connectivity index (χ4n) is 18.8. The zero-order valence-corrected chi connectivity index (χ0v) is 59.4. The van der Waals surface area contributed by atoms with Crippen molar-refractivity contribution in [1.82, 2.24) is 9.13 Å². The summed E-state index contributed by atoms with van der Waals surface area (Å²) in [6.45, 7) is 7.86. The molecule has 0 N–H and O–H groups in total. The summed E-state index contributed by atoms with van der Waals surface area (Å²) in [4.78, 5) is 3.85. The van der Waals surface area contributed by atoms with Gasteiger partial charge in [-0.1, -0.05) is 237 Å². The molecule has 0 unspecified atom stereocenters. The number of hydrogen-bond acceptors (Lipinski definition) is 1. The second-order valence-corrected chi connectivity index (χ2v) is 29.6. The van der Waals surface area contributed by atoms with Crippen LogP contribution in [-0.4, -0.2) is 9.13 Å². The molecule has 4 nitrogen and oxygen atoms in total. The van der Waals surface area contributed by atoms with Crippen LogP contribution in [0.4, 0.5) is 5.69 Å². The standard InChI is InChI=1S/C57H32N2.C49H28N2/c1-58-44-31-40-23-22-39-30-43(32-52-56(39)57(40)53(33-44)59(52)45-12-3-2-4-13-45)49-25-24-48(50-15-7-8-16-51(49)50)42-28-37-20-18-35-26-41(27-36-19-21-38(29-42)55(37)54(35)36)47-17-9-11-34-10-5-6-14-46(34)47;50-29-38-19-21-44-49-43(38)20-18-37-27-41(28-45(48(37)49)51(44)42-12-5-2-6-13-42)32-11-7-10-31(22-32)40-25-35-16-14-33-23-39(30-8-3-1-4-9-30)24-34-15-17-36(26-40)47(35)46(33)34/h2-33H;1-28H. The lowest BCUT2D eigenvalue weighted by molar-refractivity contribution is 1.18. The first-order chi connectivity index (χ1) is 54.4. The number of rotatable bonds is 8. The normalized spacial score (nSPS) is 12.0. The van der Waals surface area contributed by atoms with Crippen molar-refractivity contribution < 1.29 is 0 Å². The minimum atomic E-state index is 0.653. The van der Waals surface area contributed by atoms with Gasteiger partial charge in [-0.15, -0.1) is 0 Å². The van der Waals surface area contributed by atoms with Gasteiger partial charge >= 0.3 is 0 Å². The van der Waals surface area contributed by atoms with E-state index in [2.05, 4.69) is 366 Å². The van der Waals surface area contributed by atoms with Crippen LogP contribution in [0.25, 0.3) is 234 Å². The highest BCUT2D eigenvalue weighted by Crippen LogP contribution is 2.49. The Morgan fingerprint density at radius 3 is 1.08 bits per heavy atom. The number of fused-ring (bicyclic) bond motifs is 2. The molecule has 22 aromatic carbocycles. The van der Waals surface area contributed by atoms with Crippen LogP contribution in [0.15, 0.2) is 364 Å². The molecule has 0 atom stereocenters. The Morgan fingerprint density at radius 2 is 0.573 bits per heavy atom. The molecule has 2 aromatic heterocycles. The number of hydrogen-bond donors (Lipinski definition) is 0. The summed E-state index contributed by atoms with van der Waals surface area (Å²) >= 11 is 0. The van der Waals surface area contributed by atoms with Crippen molar-refractivity contribution in [2.45, 2.75) is 0 Å². The minimum Gasteiger partial charge on any atom is -0.310 e. The van der Waals surface area contributed by atoms with E-state index < -0.39 is 0 Å². The smallest absolute Gasteiger partial charge is 0.189 e. The second kappa shape index (κ2) is 23.8. The largest absolute Gasteiger partial charge is 0.310 e. The molecule has 0 bridgehead atoms. The molecule has 24 rings (SSSR count). The summed E-state index contributed by atoms with van der Waals surface area (Å²) in [7, 11) is 0. The Morgan fingerprint density at radius 1 is 0.218 bits per heavy atom. The highest BCUT2D eigenvalue weighted by Gasteiger charge is 2.24. The SMILES string of the molecule is N#Cc1ccc2c3c1ccc1cc(-c4cccc(-c5cc6ccc7cc(-c8ccccc8)cc8ccc(c5)c6c78)c4)cc(c13)n2-c1ccccc1.[C-]#[N+]c1cc2ccc3cc(-c4ccc(-c5cc6ccc7cc(-c8cccc9ccccc89)cc8ccc(c5)c6c78)c5ccccc45)cc4c3c2c(c1)n4-c1ccccc1. The maximum absolute atomic E-state index is 9.93. The lowest BCUT2D eigenvalue weighted by Gasteiger charge is -2.17. The van der Waals surface area contributed by atoms with Gasteiger partial charge in [-0.3, -0.25) is 0 Å². The Balaban J connectivity index is 0.000000133. The van der Waals surface area contributed by atoms with Crippen LogP contribution in [-0.2, 0) is 0 Å². The third-order valence-corrected chi connectivity index (χ3v) is 23.6. The van der Waals surface area contributed by atoms with Gasteiger partial charge in [-0.25, -0.2) is 4.85 Å². The maximum atomic E-state index is 9.93. The lowest BCUT2D eigenvalue weighted by Crippen LogP contribution is -1.93. The Hall–Kier alpha value is -14.9. The zero-order valence-electron chi connectivity index (χ0n) is 59.4. The maximum Gasteiger partial charge on any atom is 0.189 e. The highest BCUT2D eigenvalue weighted by molar-refractivity contribution is 6.30. The lowest BCUT2D eigenvalue weighted by atomic mass is 9.87. The van der Waals surface area contributed by atoms with Crippen molar-refractivity contribution in [2.24, 2.45) is 0 Å². The van der Waals surface area contributed by atoms with Crippen LogP contribution >= 0.6 is 0 Å². The van der Waals surface area contributed by atoms with E-state index in [-0.39, 0.29) is 0 Å². The van der Waals surface area contributed by atoms with Crippen LogP contribution < -0.4 is 0 Å². The first-order valence-electron chi connectivity index (χ1n) is 37.6. The van der Waals surface area contributed by atoms with E-state index in [1.807, 2.05) is 18.2 Å². The van der Waals surface area contributed by atoms with Crippen molar-refractivity contribution in [1.29, 1.82) is 5.26 Å². The highest BCUT2D eigenvalue weighted by atomic mass is 15.0. The number of nitriles is 1. The Bertz CT molecular complexity index is 7890. The number of nitrogens with zero attached hydrogens (tertiary/aromatic N) is 4. The fraction of sp³-hybridized carbons (Fsp3) is 0. The predicted octanol–water partition coefficient (Wildman–Crippen LogP) is 29.3. The quantitative estimate of drug-likeness (QED) is 0.110. The summed E-state index contributed by atoms with van der Waals surface area (Å²) in [6, 6.07) is 135. The van der Waals surface area contributed by atoms with E-state index in [4.69, 9.17) is 6.57 Å². The van der Waals surface area contributed by atoms with Gasteiger partial charge in [0.15, 0.2) is 5.69 Å². The molecule has 0 radical (unpaired) electrons. The number of benzene rings is 22. The molecule has 4 heteroatoms. The van der Waals surface area contributed by atoms with Crippen molar-refractivity contribution in [2.75, 3.05) is 0 Å². The minimum absolute atomic E-state index is 0.653. The third-order valence-electron chi connectivity index (χ3n) is 23.6. The van der Waals surface area contributed by atoms with E-state index >= 15 is 0 Å². The van der Waals surface area contributed by atoms with Crippen molar-refractivity contribution in [3.63, 3.8) is 0 Å². The van der Waals surface area contributed by atoms with Crippen LogP contribution in [0.3, 0.4) is 0 Å². The first-order valence-corrected chi connectivity index (χ1v) is 37.6. The van der Waals surface area contributed by atoms with E-state index in [0.717, 1.165) is 49.6 Å². The first kappa shape index (κ1) is 61.4. The van der Waals surface area contributed by atoms with E-state index in [1.54, 1.807) is 0 Å². The average Bonchev–Trinajstić information content (AvgIpc) is 1.48. The molecule has 504 valence electrons. The topological polar surface area (TPSA) is 38.0 Å². The van der Waals surface area contributed by atoms with E-state index in [9.17, 15) is 5.26 Å². The Labute approximate surface area is 632 Å². The van der Waals surface area contributed by atoms with Gasteiger partial charge in [0.25, 0.3) is 0 Å². The number of para-hydroxylation sites is 2. The van der Waals surface area contributed by atoms with Crippen LogP contribution in [0.2, 0.25) is 0 Å². The summed E-state index contributed by atoms with van der Waals surface area (Å²) in [6.07, 6.45) is 0. The summed E-state index contributed by atoms with van der Waals surface area (Å²) < 4.78 is 4.69. The summed E-state index contributed by atoms with van der Waals surface area (Å²) in [5, 5.41) is 39.6. The average molecular weight is 1390 g/mol. The second-order valence-electron chi connectivity index (χ2n) is 29.6. The van der Waals surface area contributed by atoms with Gasteiger partial charge in [0.05, 0.1) is 34.8 Å². The van der Waals surface area contributed by atoms with Gasteiger partial charge in [-0.2, -0.15) is 5.26 Å². The van der Waals surface area contributed by atoms with Gasteiger partial charge in [0.2, 0.25) is 0 Å². The zero-order chi connectivity index (χ0) is 72.4. The van der Waals surface area contributed by atoms with Gasteiger partial charge in [0, 0.05) is 43.8 Å². The molecule has 0 aliphatic carbocycles. The Kier molecular flexibility index (Phi) is 13.3. The summed E-state index contributed by atoms with van der Waals surface area (Å²) in [5.74, 6) is 0. The molecule has 0 aliphatic heterocycles. The molecule has 24 aromatic rings. The van der Waals surface area contributed by atoms with Crippen LogP contribution in [0.5, 0.6) is 0 Å². The van der Waals surface area contributed by atoms with Crippen molar-refractivity contribution in [3.05, 3.63) is 381 Å². The van der Waals surface area contributed by atoms with Crippen LogP contribution in [0.1, 0.15) is 5.56 Å². The molecular formula is C106H60N4. The molecule has 110 heavy (non-hydrogen) atoms. The van der Waals surface area contributed by atoms with E-state index in [0.29, 0.717) is 11.3 Å². The van der Waals surface area contributed by atoms with Gasteiger partial charge in [-0.05, 0) is 296 Å². The molecule has 0 spiro atoms. The van der Waals surface area contributed by atoms with Crippen LogP contribution in [0, 0.1) is 17.9 Å². The monoisotopic (exact) mass is 1390 g/mol. The molecule has 0 fully saturated rings. The molecule has 2 heterocycles.